The van der Waals surface area contributed by atoms with Gasteiger partial charge in [0.05, 0.1) is 4.91 Å². The van der Waals surface area contributed by atoms with E-state index < -0.39 is 17.0 Å². The highest BCUT2D eigenvalue weighted by molar-refractivity contribution is 8.18. The first-order valence-corrected chi connectivity index (χ1v) is 11.0. The molecule has 1 fully saturated rings. The minimum absolute atomic E-state index is 0.00812. The maximum absolute atomic E-state index is 13.8. The lowest BCUT2D eigenvalue weighted by molar-refractivity contribution is -0.124. The van der Waals surface area contributed by atoms with Crippen LogP contribution in [0.5, 0.6) is 0 Å². The Morgan fingerprint density at radius 1 is 0.970 bits per heavy atom. The van der Waals surface area contributed by atoms with Gasteiger partial charge in [-0.25, -0.2) is 4.39 Å². The lowest BCUT2D eigenvalue weighted by atomic mass is 10.1. The van der Waals surface area contributed by atoms with Gasteiger partial charge in [-0.15, -0.1) is 0 Å². The highest BCUT2D eigenvalue weighted by Crippen LogP contribution is 2.32. The van der Waals surface area contributed by atoms with Gasteiger partial charge in [0, 0.05) is 48.4 Å². The molecular formula is C24H20FN3O4S. The summed E-state index contributed by atoms with van der Waals surface area (Å²) in [6, 6.07) is 13.1. The zero-order chi connectivity index (χ0) is 23.5. The Kier molecular flexibility index (Phi) is 6.41. The van der Waals surface area contributed by atoms with Gasteiger partial charge in [-0.1, -0.05) is 43.0 Å². The van der Waals surface area contributed by atoms with E-state index in [1.54, 1.807) is 18.2 Å². The van der Waals surface area contributed by atoms with Crippen molar-refractivity contribution in [1.82, 2.24) is 15.1 Å². The van der Waals surface area contributed by atoms with Crippen molar-refractivity contribution in [3.63, 3.8) is 0 Å². The molecule has 0 spiro atoms. The van der Waals surface area contributed by atoms with E-state index in [9.17, 15) is 23.6 Å². The molecule has 4 rings (SSSR count). The molecule has 9 heteroatoms. The smallest absolute Gasteiger partial charge is 0.293 e. The maximum Gasteiger partial charge on any atom is 0.293 e. The minimum Gasteiger partial charge on any atom is -0.354 e. The van der Waals surface area contributed by atoms with Gasteiger partial charge in [0.15, 0.2) is 0 Å². The van der Waals surface area contributed by atoms with Crippen molar-refractivity contribution < 1.29 is 23.6 Å². The lowest BCUT2D eigenvalue weighted by Gasteiger charge is -2.17. The van der Waals surface area contributed by atoms with Crippen molar-refractivity contribution in [3.05, 3.63) is 82.5 Å². The number of benzene rings is 2. The third-order valence-corrected chi connectivity index (χ3v) is 6.23. The molecule has 1 saturated heterocycles. The third-order valence-electron chi connectivity index (χ3n) is 5.32. The van der Waals surface area contributed by atoms with E-state index in [0.29, 0.717) is 11.3 Å². The molecule has 0 saturated carbocycles. The Hall–Kier alpha value is -3.72. The summed E-state index contributed by atoms with van der Waals surface area (Å²) in [7, 11) is 0. The summed E-state index contributed by atoms with van der Waals surface area (Å²) >= 11 is 0.731. The largest absolute Gasteiger partial charge is 0.354 e. The molecular weight excluding hydrogens is 445 g/mol. The second kappa shape index (κ2) is 9.41. The number of amides is 4. The molecule has 0 bridgehead atoms. The molecule has 0 radical (unpaired) electrons. The number of nitrogens with zero attached hydrogens (tertiary/aromatic N) is 2. The van der Waals surface area contributed by atoms with E-state index in [1.807, 2.05) is 12.1 Å². The maximum atomic E-state index is 13.8. The number of nitrogens with one attached hydrogen (secondary N) is 1. The Morgan fingerprint density at radius 2 is 1.67 bits per heavy atom. The Morgan fingerprint density at radius 3 is 2.39 bits per heavy atom. The van der Waals surface area contributed by atoms with Gasteiger partial charge in [0.2, 0.25) is 5.91 Å². The number of imide groups is 1. The SMILES string of the molecule is C=C1c2ccccc2C(=O)N1CCC(=O)NCCN1C(=O)S/C(=C\c2ccccc2F)C1=O. The van der Waals surface area contributed by atoms with Gasteiger partial charge in [0.1, 0.15) is 5.82 Å². The number of hydrogen-bond acceptors (Lipinski definition) is 5. The van der Waals surface area contributed by atoms with Crippen LogP contribution in [0.2, 0.25) is 0 Å². The van der Waals surface area contributed by atoms with Crippen LogP contribution in [0, 0.1) is 5.82 Å². The van der Waals surface area contributed by atoms with Crippen LogP contribution in [0.4, 0.5) is 9.18 Å². The number of rotatable bonds is 7. The van der Waals surface area contributed by atoms with E-state index in [-0.39, 0.29) is 48.3 Å². The quantitative estimate of drug-likeness (QED) is 0.633. The van der Waals surface area contributed by atoms with Crippen molar-refractivity contribution in [2.24, 2.45) is 0 Å². The van der Waals surface area contributed by atoms with Crippen LogP contribution in [0.1, 0.15) is 27.9 Å². The van der Waals surface area contributed by atoms with Gasteiger partial charge < -0.3 is 10.2 Å². The lowest BCUT2D eigenvalue weighted by Crippen LogP contribution is -2.38. The molecule has 168 valence electrons. The molecule has 2 aromatic rings. The number of carbonyl (C=O) groups excluding carboxylic acids is 4. The molecule has 7 nitrogen and oxygen atoms in total. The van der Waals surface area contributed by atoms with Gasteiger partial charge in [-0.3, -0.25) is 24.1 Å². The molecule has 2 heterocycles. The Bertz CT molecular complexity index is 1170. The summed E-state index contributed by atoms with van der Waals surface area (Å²) in [5.41, 5.74) is 2.09. The first-order valence-electron chi connectivity index (χ1n) is 10.2. The average molecular weight is 466 g/mol. The topological polar surface area (TPSA) is 86.8 Å². The summed E-state index contributed by atoms with van der Waals surface area (Å²) < 4.78 is 13.8. The fourth-order valence-corrected chi connectivity index (χ4v) is 4.46. The molecule has 2 aliphatic heterocycles. The van der Waals surface area contributed by atoms with Crippen LogP contribution >= 0.6 is 11.8 Å². The van der Waals surface area contributed by atoms with Gasteiger partial charge in [-0.05, 0) is 30.0 Å². The Labute approximate surface area is 193 Å². The summed E-state index contributed by atoms with van der Waals surface area (Å²) in [5.74, 6) is -1.53. The van der Waals surface area contributed by atoms with Crippen LogP contribution in [-0.2, 0) is 9.59 Å². The standard InChI is InChI=1S/C24H20FN3O4S/c1-15-17-7-3-4-8-18(17)22(30)27(15)12-10-21(29)26-11-13-28-23(31)20(33-24(28)32)14-16-6-2-5-9-19(16)25/h2-9,14H,1,10-13H2,(H,26,29)/b20-14-. The van der Waals surface area contributed by atoms with Gasteiger partial charge in [-0.2, -0.15) is 0 Å². The number of halogens is 1. The fraction of sp³-hybridized carbons (Fsp3) is 0.167. The summed E-state index contributed by atoms with van der Waals surface area (Å²) in [6.45, 7) is 4.17. The summed E-state index contributed by atoms with van der Waals surface area (Å²) in [6.07, 6.45) is 1.39. The van der Waals surface area contributed by atoms with Crippen LogP contribution in [-0.4, -0.2) is 52.4 Å². The number of thioether (sulfide) groups is 1. The van der Waals surface area contributed by atoms with Crippen LogP contribution in [0.3, 0.4) is 0 Å². The van der Waals surface area contributed by atoms with Gasteiger partial charge >= 0.3 is 0 Å². The predicted molar refractivity (Wildman–Crippen MR) is 123 cm³/mol. The minimum atomic E-state index is -0.528. The first-order chi connectivity index (χ1) is 15.9. The van der Waals surface area contributed by atoms with E-state index in [0.717, 1.165) is 22.2 Å². The number of hydrogen-bond donors (Lipinski definition) is 1. The van der Waals surface area contributed by atoms with Crippen molar-refractivity contribution in [3.8, 4) is 0 Å². The van der Waals surface area contributed by atoms with Crippen LogP contribution in [0.15, 0.2) is 60.0 Å². The van der Waals surface area contributed by atoms with E-state index >= 15 is 0 Å². The molecule has 0 unspecified atom stereocenters. The van der Waals surface area contributed by atoms with Crippen LogP contribution < -0.4 is 5.32 Å². The molecule has 2 aliphatic rings. The second-order valence-corrected chi connectivity index (χ2v) is 8.40. The summed E-state index contributed by atoms with van der Waals surface area (Å²) in [4.78, 5) is 52.0. The highest BCUT2D eigenvalue weighted by atomic mass is 32.2. The molecule has 2 aromatic carbocycles. The van der Waals surface area contributed by atoms with Crippen molar-refractivity contribution in [2.45, 2.75) is 6.42 Å². The molecule has 1 N–H and O–H groups in total. The van der Waals surface area contributed by atoms with Crippen molar-refractivity contribution in [1.29, 1.82) is 0 Å². The monoisotopic (exact) mass is 465 g/mol. The second-order valence-electron chi connectivity index (χ2n) is 7.40. The molecule has 0 atom stereocenters. The molecule has 0 aromatic heterocycles. The van der Waals surface area contributed by atoms with E-state index in [4.69, 9.17) is 0 Å². The number of carbonyl (C=O) groups is 4. The number of fused-ring (bicyclic) bond motifs is 1. The summed E-state index contributed by atoms with van der Waals surface area (Å²) in [5, 5.41) is 2.18. The van der Waals surface area contributed by atoms with Gasteiger partial charge in [0.25, 0.3) is 17.1 Å². The van der Waals surface area contributed by atoms with Crippen LogP contribution in [0.25, 0.3) is 11.8 Å². The predicted octanol–water partition coefficient (Wildman–Crippen LogP) is 3.50. The van der Waals surface area contributed by atoms with E-state index in [2.05, 4.69) is 11.9 Å². The zero-order valence-corrected chi connectivity index (χ0v) is 18.4. The third kappa shape index (κ3) is 4.58. The highest BCUT2D eigenvalue weighted by Gasteiger charge is 2.35. The fourth-order valence-electron chi connectivity index (χ4n) is 3.61. The van der Waals surface area contributed by atoms with E-state index in [1.165, 1.54) is 29.2 Å². The van der Waals surface area contributed by atoms with Crippen molar-refractivity contribution >= 4 is 46.5 Å². The molecule has 33 heavy (non-hydrogen) atoms. The normalized spacial score (nSPS) is 16.7. The molecule has 4 amide bonds. The molecule has 0 aliphatic carbocycles. The Balaban J connectivity index is 1.27. The van der Waals surface area contributed by atoms with Crippen molar-refractivity contribution in [2.75, 3.05) is 19.6 Å². The first kappa shape index (κ1) is 22.5. The average Bonchev–Trinajstić information content (AvgIpc) is 3.21. The zero-order valence-electron chi connectivity index (χ0n) is 17.5.